The van der Waals surface area contributed by atoms with Gasteiger partial charge in [0, 0.05) is 24.1 Å². The highest BCUT2D eigenvalue weighted by atomic mass is 16.6. The molecule has 0 aliphatic rings. The summed E-state index contributed by atoms with van der Waals surface area (Å²) in [5.41, 5.74) is 0.949. The summed E-state index contributed by atoms with van der Waals surface area (Å²) in [6, 6.07) is 8.69. The van der Waals surface area contributed by atoms with Crippen molar-refractivity contribution >= 4 is 5.69 Å². The lowest BCUT2D eigenvalue weighted by Crippen LogP contribution is -1.92. The van der Waals surface area contributed by atoms with Crippen LogP contribution in [0.2, 0.25) is 0 Å². The Morgan fingerprint density at radius 1 is 1.05 bits per heavy atom. The van der Waals surface area contributed by atoms with Crippen LogP contribution < -0.4 is 0 Å². The Balaban J connectivity index is 2.34. The molecule has 2 aromatic rings. The molecule has 0 bridgehead atoms. The summed E-state index contributed by atoms with van der Waals surface area (Å²) in [7, 11) is 0. The first-order chi connectivity index (χ1) is 8.99. The predicted octanol–water partition coefficient (Wildman–Crippen LogP) is 2.30. The van der Waals surface area contributed by atoms with Gasteiger partial charge in [-0.05, 0) is 11.6 Å². The van der Waals surface area contributed by atoms with Gasteiger partial charge in [0.1, 0.15) is 0 Å². The summed E-state index contributed by atoms with van der Waals surface area (Å²) in [5.74, 6) is -1.44. The van der Waals surface area contributed by atoms with Crippen molar-refractivity contribution in [3.8, 4) is 17.2 Å². The molecule has 2 rings (SSSR count). The van der Waals surface area contributed by atoms with Gasteiger partial charge in [0.2, 0.25) is 5.75 Å². The fraction of sp³-hybridized carbons (Fsp3) is 0.0769. The first-order valence-corrected chi connectivity index (χ1v) is 5.45. The van der Waals surface area contributed by atoms with Gasteiger partial charge in [0.05, 0.1) is 4.92 Å². The second kappa shape index (κ2) is 4.85. The first-order valence-electron chi connectivity index (χ1n) is 5.45. The van der Waals surface area contributed by atoms with Crippen LogP contribution in [0, 0.1) is 10.1 Å². The van der Waals surface area contributed by atoms with Crippen LogP contribution >= 0.6 is 0 Å². The van der Waals surface area contributed by atoms with Crippen molar-refractivity contribution < 1.29 is 20.2 Å². The lowest BCUT2D eigenvalue weighted by molar-refractivity contribution is -0.384. The SMILES string of the molecule is O=[N+]([O-])c1cccc(Cc2ccc(O)c(O)c2O)c1. The Morgan fingerprint density at radius 2 is 1.79 bits per heavy atom. The van der Waals surface area contributed by atoms with Crippen LogP contribution in [0.15, 0.2) is 36.4 Å². The van der Waals surface area contributed by atoms with Crippen molar-refractivity contribution in [2.75, 3.05) is 0 Å². The van der Waals surface area contributed by atoms with Gasteiger partial charge in [0.15, 0.2) is 11.5 Å². The van der Waals surface area contributed by atoms with Gasteiger partial charge in [-0.25, -0.2) is 0 Å². The molecule has 0 aliphatic heterocycles. The number of non-ortho nitro benzene ring substituents is 1. The molecule has 0 unspecified atom stereocenters. The number of hydrogen-bond acceptors (Lipinski definition) is 5. The molecule has 0 fully saturated rings. The maximum Gasteiger partial charge on any atom is 0.269 e. The number of nitro groups is 1. The van der Waals surface area contributed by atoms with Crippen LogP contribution in [-0.2, 0) is 6.42 Å². The Morgan fingerprint density at radius 3 is 2.47 bits per heavy atom. The van der Waals surface area contributed by atoms with E-state index in [1.807, 2.05) is 0 Å². The van der Waals surface area contributed by atoms with E-state index in [1.165, 1.54) is 24.3 Å². The highest BCUT2D eigenvalue weighted by molar-refractivity contribution is 5.54. The maximum atomic E-state index is 10.7. The lowest BCUT2D eigenvalue weighted by Gasteiger charge is -2.07. The number of nitro benzene ring substituents is 1. The van der Waals surface area contributed by atoms with Gasteiger partial charge in [-0.15, -0.1) is 0 Å². The topological polar surface area (TPSA) is 104 Å². The highest BCUT2D eigenvalue weighted by Crippen LogP contribution is 2.38. The normalized spacial score (nSPS) is 10.3. The number of phenols is 3. The van der Waals surface area contributed by atoms with Crippen molar-refractivity contribution in [1.29, 1.82) is 0 Å². The van der Waals surface area contributed by atoms with Crippen LogP contribution in [-0.4, -0.2) is 20.2 Å². The molecule has 0 amide bonds. The first kappa shape index (κ1) is 12.7. The van der Waals surface area contributed by atoms with E-state index in [2.05, 4.69) is 0 Å². The molecule has 19 heavy (non-hydrogen) atoms. The largest absolute Gasteiger partial charge is 0.504 e. The molecule has 0 radical (unpaired) electrons. The molecule has 98 valence electrons. The molecule has 0 heterocycles. The van der Waals surface area contributed by atoms with Crippen LogP contribution in [0.3, 0.4) is 0 Å². The minimum Gasteiger partial charge on any atom is -0.504 e. The van der Waals surface area contributed by atoms with Gasteiger partial charge >= 0.3 is 0 Å². The van der Waals surface area contributed by atoms with Crippen LogP contribution in [0.4, 0.5) is 5.69 Å². The Labute approximate surface area is 108 Å². The van der Waals surface area contributed by atoms with E-state index in [-0.39, 0.29) is 12.1 Å². The van der Waals surface area contributed by atoms with Crippen molar-refractivity contribution in [2.24, 2.45) is 0 Å². The number of nitrogens with zero attached hydrogens (tertiary/aromatic N) is 1. The minimum atomic E-state index is -0.595. The van der Waals surface area contributed by atoms with Gasteiger partial charge in [-0.2, -0.15) is 0 Å². The van der Waals surface area contributed by atoms with Crippen molar-refractivity contribution in [3.05, 3.63) is 57.6 Å². The smallest absolute Gasteiger partial charge is 0.269 e. The number of hydrogen-bond donors (Lipinski definition) is 3. The second-order valence-corrected chi connectivity index (χ2v) is 4.04. The van der Waals surface area contributed by atoms with E-state index < -0.39 is 22.2 Å². The summed E-state index contributed by atoms with van der Waals surface area (Å²) >= 11 is 0. The molecule has 0 spiro atoms. The molecule has 0 atom stereocenters. The molecular formula is C13H11NO5. The van der Waals surface area contributed by atoms with Gasteiger partial charge in [0.25, 0.3) is 5.69 Å². The summed E-state index contributed by atoms with van der Waals surface area (Å²) in [4.78, 5) is 10.2. The zero-order valence-electron chi connectivity index (χ0n) is 9.78. The van der Waals surface area contributed by atoms with E-state index in [9.17, 15) is 25.4 Å². The van der Waals surface area contributed by atoms with Gasteiger partial charge in [-0.3, -0.25) is 10.1 Å². The maximum absolute atomic E-state index is 10.7. The zero-order chi connectivity index (χ0) is 14.0. The predicted molar refractivity (Wildman–Crippen MR) is 67.3 cm³/mol. The number of phenolic OH excluding ortho intramolecular Hbond substituents is 3. The van der Waals surface area contributed by atoms with E-state index in [4.69, 9.17) is 0 Å². The zero-order valence-corrected chi connectivity index (χ0v) is 9.78. The molecule has 6 nitrogen and oxygen atoms in total. The summed E-state index contributed by atoms with van der Waals surface area (Å²) in [6.07, 6.45) is 0.210. The quantitative estimate of drug-likeness (QED) is 0.446. The molecular weight excluding hydrogens is 250 g/mol. The third-order valence-electron chi connectivity index (χ3n) is 2.73. The van der Waals surface area contributed by atoms with E-state index >= 15 is 0 Å². The average molecular weight is 261 g/mol. The number of benzene rings is 2. The van der Waals surface area contributed by atoms with Crippen LogP contribution in [0.1, 0.15) is 11.1 Å². The Bertz CT molecular complexity index is 639. The van der Waals surface area contributed by atoms with Crippen LogP contribution in [0.5, 0.6) is 17.2 Å². The standard InChI is InChI=1S/C13H11NO5/c15-11-5-4-9(12(16)13(11)17)6-8-2-1-3-10(7-8)14(18)19/h1-5,7,15-17H,6H2. The summed E-state index contributed by atoms with van der Waals surface area (Å²) in [5, 5.41) is 38.9. The van der Waals surface area contributed by atoms with E-state index in [0.717, 1.165) is 0 Å². The second-order valence-electron chi connectivity index (χ2n) is 4.04. The third kappa shape index (κ3) is 2.57. The molecule has 2 aromatic carbocycles. The summed E-state index contributed by atoms with van der Waals surface area (Å²) in [6.45, 7) is 0. The fourth-order valence-electron chi connectivity index (χ4n) is 1.75. The van der Waals surface area contributed by atoms with Gasteiger partial charge < -0.3 is 15.3 Å². The minimum absolute atomic E-state index is 0.0417. The molecule has 0 saturated carbocycles. The van der Waals surface area contributed by atoms with E-state index in [1.54, 1.807) is 12.1 Å². The number of rotatable bonds is 3. The molecule has 0 saturated heterocycles. The Kier molecular flexibility index (Phi) is 3.24. The monoisotopic (exact) mass is 261 g/mol. The van der Waals surface area contributed by atoms with Crippen molar-refractivity contribution in [3.63, 3.8) is 0 Å². The Hall–Kier alpha value is -2.76. The average Bonchev–Trinajstić information content (AvgIpc) is 2.40. The third-order valence-corrected chi connectivity index (χ3v) is 2.73. The fourth-order valence-corrected chi connectivity index (χ4v) is 1.75. The van der Waals surface area contributed by atoms with Crippen molar-refractivity contribution in [1.82, 2.24) is 0 Å². The lowest BCUT2D eigenvalue weighted by atomic mass is 10.0. The molecule has 3 N–H and O–H groups in total. The molecule has 6 heteroatoms. The highest BCUT2D eigenvalue weighted by Gasteiger charge is 2.12. The van der Waals surface area contributed by atoms with Gasteiger partial charge in [-0.1, -0.05) is 18.2 Å². The van der Waals surface area contributed by atoms with E-state index in [0.29, 0.717) is 11.1 Å². The van der Waals surface area contributed by atoms with Crippen molar-refractivity contribution in [2.45, 2.75) is 6.42 Å². The molecule has 0 aliphatic carbocycles. The molecule has 0 aromatic heterocycles. The number of aromatic hydroxyl groups is 3. The summed E-state index contributed by atoms with van der Waals surface area (Å²) < 4.78 is 0. The van der Waals surface area contributed by atoms with Crippen LogP contribution in [0.25, 0.3) is 0 Å².